The van der Waals surface area contributed by atoms with Crippen molar-refractivity contribution in [1.82, 2.24) is 9.80 Å². The van der Waals surface area contributed by atoms with Crippen LogP contribution in [-0.4, -0.2) is 60.3 Å². The zero-order valence-corrected chi connectivity index (χ0v) is 15.0. The molecule has 0 radical (unpaired) electrons. The number of anilines is 1. The molecule has 1 atom stereocenters. The molecule has 1 saturated heterocycles. The molecule has 1 aromatic carbocycles. The number of likely N-dealkylation sites (tertiary alicyclic amines) is 1. The number of rotatable bonds is 5. The summed E-state index contributed by atoms with van der Waals surface area (Å²) in [4.78, 5) is 38.1. The molecule has 8 nitrogen and oxygen atoms in total. The maximum absolute atomic E-state index is 12.2. The molecular weight excluding hydrogens is 348 g/mol. The molecule has 0 unspecified atom stereocenters. The monoisotopic (exact) mass is 368 g/mol. The molecule has 0 spiro atoms. The molecule has 1 heterocycles. The van der Waals surface area contributed by atoms with Gasteiger partial charge in [0.05, 0.1) is 17.4 Å². The largest absolute Gasteiger partial charge is 0.349 e. The molecule has 1 N–H and O–H groups in total. The Hall–Kier alpha value is -2.19. The first-order chi connectivity index (χ1) is 11.8. The van der Waals surface area contributed by atoms with Crippen LogP contribution in [-0.2, 0) is 9.59 Å². The van der Waals surface area contributed by atoms with Crippen LogP contribution < -0.4 is 5.32 Å². The van der Waals surface area contributed by atoms with Gasteiger partial charge >= 0.3 is 0 Å². The number of piperidine rings is 1. The van der Waals surface area contributed by atoms with Crippen LogP contribution in [0.25, 0.3) is 0 Å². The topological polar surface area (TPSA) is 95.8 Å². The van der Waals surface area contributed by atoms with Gasteiger partial charge in [-0.2, -0.15) is 0 Å². The zero-order valence-electron chi connectivity index (χ0n) is 14.2. The zero-order chi connectivity index (χ0) is 18.6. The van der Waals surface area contributed by atoms with Crippen LogP contribution in [0.1, 0.15) is 12.8 Å². The lowest BCUT2D eigenvalue weighted by Gasteiger charge is -2.32. The van der Waals surface area contributed by atoms with Crippen LogP contribution in [0.4, 0.5) is 11.4 Å². The van der Waals surface area contributed by atoms with Gasteiger partial charge in [-0.1, -0.05) is 11.6 Å². The second-order valence-electron chi connectivity index (χ2n) is 6.28. The van der Waals surface area contributed by atoms with Crippen molar-refractivity contribution in [3.8, 4) is 0 Å². The second-order valence-corrected chi connectivity index (χ2v) is 6.69. The fourth-order valence-corrected chi connectivity index (χ4v) is 3.09. The number of benzene rings is 1. The summed E-state index contributed by atoms with van der Waals surface area (Å²) in [7, 11) is 3.45. The molecule has 0 saturated carbocycles. The van der Waals surface area contributed by atoms with Crippen LogP contribution in [0.15, 0.2) is 18.2 Å². The van der Waals surface area contributed by atoms with Crippen molar-refractivity contribution in [2.75, 3.05) is 39.0 Å². The van der Waals surface area contributed by atoms with E-state index in [9.17, 15) is 19.7 Å². The van der Waals surface area contributed by atoms with Gasteiger partial charge in [0.2, 0.25) is 11.8 Å². The summed E-state index contributed by atoms with van der Waals surface area (Å²) in [6, 6.07) is 4.12. The van der Waals surface area contributed by atoms with Crippen LogP contribution in [0, 0.1) is 16.0 Å². The predicted octanol–water partition coefficient (Wildman–Crippen LogP) is 1.99. The standard InChI is InChI=1S/C16H21ClN4O4/c1-19(2)16(23)11-4-3-7-20(9-11)10-15(22)18-12-5-6-13(17)14(8-12)21(24)25/h5-6,8,11H,3-4,7,9-10H2,1-2H3,(H,18,22)/t11-/m1/s1. The lowest BCUT2D eigenvalue weighted by atomic mass is 9.97. The highest BCUT2D eigenvalue weighted by atomic mass is 35.5. The maximum Gasteiger partial charge on any atom is 0.289 e. The summed E-state index contributed by atoms with van der Waals surface area (Å²) in [5.41, 5.74) is 0.0631. The first-order valence-corrected chi connectivity index (χ1v) is 8.33. The van der Waals surface area contributed by atoms with E-state index < -0.39 is 4.92 Å². The summed E-state index contributed by atoms with van der Waals surface area (Å²) in [5.74, 6) is -0.318. The Morgan fingerprint density at radius 3 is 2.80 bits per heavy atom. The van der Waals surface area contributed by atoms with Crippen LogP contribution in [0.2, 0.25) is 5.02 Å². The van der Waals surface area contributed by atoms with E-state index in [0.717, 1.165) is 19.4 Å². The Bertz CT molecular complexity index is 680. The molecule has 1 aliphatic heterocycles. The molecule has 2 rings (SSSR count). The van der Waals surface area contributed by atoms with Gasteiger partial charge in [0, 0.05) is 32.4 Å². The Kier molecular flexibility index (Phi) is 6.33. The fraction of sp³-hybridized carbons (Fsp3) is 0.500. The molecule has 0 aliphatic carbocycles. The minimum Gasteiger partial charge on any atom is -0.349 e. The summed E-state index contributed by atoms with van der Waals surface area (Å²) < 4.78 is 0. The second kappa shape index (κ2) is 8.26. The van der Waals surface area contributed by atoms with E-state index in [4.69, 9.17) is 11.6 Å². The summed E-state index contributed by atoms with van der Waals surface area (Å²) in [5, 5.41) is 13.6. The van der Waals surface area contributed by atoms with Crippen LogP contribution in [0.3, 0.4) is 0 Å². The molecule has 25 heavy (non-hydrogen) atoms. The van der Waals surface area contributed by atoms with Gasteiger partial charge in [0.1, 0.15) is 5.02 Å². The van der Waals surface area contributed by atoms with Crippen molar-refractivity contribution in [1.29, 1.82) is 0 Å². The van der Waals surface area contributed by atoms with Gasteiger partial charge in [-0.3, -0.25) is 24.6 Å². The highest BCUT2D eigenvalue weighted by molar-refractivity contribution is 6.32. The average Bonchev–Trinajstić information content (AvgIpc) is 2.55. The summed E-state index contributed by atoms with van der Waals surface area (Å²) in [6.45, 7) is 1.41. The normalized spacial score (nSPS) is 17.8. The summed E-state index contributed by atoms with van der Waals surface area (Å²) >= 11 is 5.76. The van der Waals surface area contributed by atoms with Crippen LogP contribution >= 0.6 is 11.6 Å². The molecule has 2 amide bonds. The number of carbonyl (C=O) groups excluding carboxylic acids is 2. The van der Waals surface area contributed by atoms with Crippen molar-refractivity contribution in [3.63, 3.8) is 0 Å². The first kappa shape index (κ1) is 19.1. The number of halogens is 1. The van der Waals surface area contributed by atoms with Gasteiger partial charge in [-0.25, -0.2) is 0 Å². The Morgan fingerprint density at radius 1 is 1.44 bits per heavy atom. The van der Waals surface area contributed by atoms with Gasteiger partial charge < -0.3 is 10.2 Å². The number of nitrogens with zero attached hydrogens (tertiary/aromatic N) is 3. The molecule has 136 valence electrons. The van der Waals surface area contributed by atoms with E-state index in [1.54, 1.807) is 19.0 Å². The molecule has 9 heteroatoms. The highest BCUT2D eigenvalue weighted by Crippen LogP contribution is 2.27. The maximum atomic E-state index is 12.2. The van der Waals surface area contributed by atoms with Crippen molar-refractivity contribution in [2.24, 2.45) is 5.92 Å². The van der Waals surface area contributed by atoms with E-state index in [2.05, 4.69) is 5.32 Å². The Labute approximate surface area is 150 Å². The number of hydrogen-bond acceptors (Lipinski definition) is 5. The lowest BCUT2D eigenvalue weighted by molar-refractivity contribution is -0.384. The van der Waals surface area contributed by atoms with Gasteiger partial charge in [0.15, 0.2) is 0 Å². The minimum atomic E-state index is -0.597. The van der Waals surface area contributed by atoms with Gasteiger partial charge in [-0.15, -0.1) is 0 Å². The van der Waals surface area contributed by atoms with E-state index >= 15 is 0 Å². The van der Waals surface area contributed by atoms with Crippen molar-refractivity contribution < 1.29 is 14.5 Å². The number of carbonyl (C=O) groups is 2. The third kappa shape index (κ3) is 5.14. The highest BCUT2D eigenvalue weighted by Gasteiger charge is 2.27. The number of nitrogens with one attached hydrogen (secondary N) is 1. The Morgan fingerprint density at radius 2 is 2.16 bits per heavy atom. The molecular formula is C16H21ClN4O4. The number of hydrogen-bond donors (Lipinski definition) is 1. The molecule has 0 bridgehead atoms. The van der Waals surface area contributed by atoms with Crippen LogP contribution in [0.5, 0.6) is 0 Å². The van der Waals surface area contributed by atoms with Crippen molar-refractivity contribution in [3.05, 3.63) is 33.3 Å². The third-order valence-electron chi connectivity index (χ3n) is 4.09. The minimum absolute atomic E-state index is 0.0177. The van der Waals surface area contributed by atoms with E-state index in [1.807, 2.05) is 4.90 Å². The smallest absolute Gasteiger partial charge is 0.289 e. The fourth-order valence-electron chi connectivity index (χ4n) is 2.90. The van der Waals surface area contributed by atoms with E-state index in [0.29, 0.717) is 12.2 Å². The van der Waals surface area contributed by atoms with Crippen molar-refractivity contribution >= 4 is 34.8 Å². The van der Waals surface area contributed by atoms with E-state index in [-0.39, 0.29) is 35.0 Å². The number of amides is 2. The molecule has 1 aliphatic rings. The number of nitro benzene ring substituents is 1. The molecule has 0 aromatic heterocycles. The first-order valence-electron chi connectivity index (χ1n) is 7.95. The quantitative estimate of drug-likeness (QED) is 0.633. The average molecular weight is 369 g/mol. The van der Waals surface area contributed by atoms with Gasteiger partial charge in [0.25, 0.3) is 5.69 Å². The third-order valence-corrected chi connectivity index (χ3v) is 4.41. The Balaban J connectivity index is 1.95. The summed E-state index contributed by atoms with van der Waals surface area (Å²) in [6.07, 6.45) is 1.67. The van der Waals surface area contributed by atoms with Crippen molar-refractivity contribution in [2.45, 2.75) is 12.8 Å². The van der Waals surface area contributed by atoms with Gasteiger partial charge in [-0.05, 0) is 31.5 Å². The van der Waals surface area contributed by atoms with E-state index in [1.165, 1.54) is 18.2 Å². The number of nitro groups is 1. The SMILES string of the molecule is CN(C)C(=O)[C@@H]1CCCN(CC(=O)Nc2ccc(Cl)c([N+](=O)[O-])c2)C1. The lowest BCUT2D eigenvalue weighted by Crippen LogP contribution is -2.45. The molecule has 1 aromatic rings. The predicted molar refractivity (Wildman–Crippen MR) is 94.6 cm³/mol. The molecule has 1 fully saturated rings.